The van der Waals surface area contributed by atoms with Crippen molar-refractivity contribution in [2.24, 2.45) is 0 Å². The van der Waals surface area contributed by atoms with Crippen molar-refractivity contribution in [3.8, 4) is 11.5 Å². The van der Waals surface area contributed by atoms with E-state index >= 15 is 0 Å². The van der Waals surface area contributed by atoms with Gasteiger partial charge in [0, 0.05) is 24.8 Å². The lowest BCUT2D eigenvalue weighted by Crippen LogP contribution is -2.13. The first kappa shape index (κ1) is 16.8. The molecule has 1 aromatic carbocycles. The van der Waals surface area contributed by atoms with Crippen molar-refractivity contribution in [1.82, 2.24) is 5.32 Å². The van der Waals surface area contributed by atoms with E-state index in [4.69, 9.17) is 14.6 Å². The summed E-state index contributed by atoms with van der Waals surface area (Å²) in [6.07, 6.45) is 4.04. The lowest BCUT2D eigenvalue weighted by molar-refractivity contribution is 0.272. The second-order valence-electron chi connectivity index (χ2n) is 4.74. The fourth-order valence-electron chi connectivity index (χ4n) is 1.95. The Morgan fingerprint density at radius 3 is 2.65 bits per heavy atom. The predicted molar refractivity (Wildman–Crippen MR) is 81.4 cm³/mol. The third-order valence-electron chi connectivity index (χ3n) is 3.15. The van der Waals surface area contributed by atoms with Crippen LogP contribution in [-0.4, -0.2) is 32.0 Å². The molecule has 0 aliphatic carbocycles. The average molecular weight is 281 g/mol. The van der Waals surface area contributed by atoms with Crippen LogP contribution >= 0.6 is 0 Å². The number of benzene rings is 1. The maximum atomic E-state index is 8.73. The Kier molecular flexibility index (Phi) is 8.83. The van der Waals surface area contributed by atoms with Crippen molar-refractivity contribution in [3.05, 3.63) is 23.8 Å². The van der Waals surface area contributed by atoms with Gasteiger partial charge in [0.05, 0.1) is 13.7 Å². The van der Waals surface area contributed by atoms with Gasteiger partial charge >= 0.3 is 0 Å². The highest BCUT2D eigenvalue weighted by Gasteiger charge is 2.05. The summed E-state index contributed by atoms with van der Waals surface area (Å²) >= 11 is 0. The largest absolute Gasteiger partial charge is 0.497 e. The van der Waals surface area contributed by atoms with E-state index in [1.165, 1.54) is 0 Å². The minimum Gasteiger partial charge on any atom is -0.497 e. The van der Waals surface area contributed by atoms with Crippen LogP contribution in [0.3, 0.4) is 0 Å². The number of ether oxygens (including phenoxy) is 2. The number of nitrogens with one attached hydrogen (secondary N) is 1. The predicted octanol–water partition coefficient (Wildman–Crippen LogP) is 2.74. The molecule has 1 rings (SSSR count). The fourth-order valence-corrected chi connectivity index (χ4v) is 1.95. The molecular weight excluding hydrogens is 254 g/mol. The van der Waals surface area contributed by atoms with Crippen molar-refractivity contribution < 1.29 is 14.6 Å². The van der Waals surface area contributed by atoms with Gasteiger partial charge in [0.15, 0.2) is 0 Å². The molecule has 1 aromatic rings. The Morgan fingerprint density at radius 1 is 1.15 bits per heavy atom. The zero-order chi connectivity index (χ0) is 14.6. The van der Waals surface area contributed by atoms with E-state index < -0.39 is 0 Å². The second kappa shape index (κ2) is 10.5. The molecule has 0 spiro atoms. The van der Waals surface area contributed by atoms with Crippen LogP contribution in [0.2, 0.25) is 0 Å². The highest BCUT2D eigenvalue weighted by atomic mass is 16.5. The van der Waals surface area contributed by atoms with Crippen LogP contribution in [0.25, 0.3) is 0 Å². The summed E-state index contributed by atoms with van der Waals surface area (Å²) in [5.41, 5.74) is 1.16. The first-order valence-electron chi connectivity index (χ1n) is 7.43. The van der Waals surface area contributed by atoms with E-state index in [-0.39, 0.29) is 6.61 Å². The number of hydrogen-bond acceptors (Lipinski definition) is 4. The molecule has 2 N–H and O–H groups in total. The summed E-state index contributed by atoms with van der Waals surface area (Å²) in [4.78, 5) is 0. The van der Waals surface area contributed by atoms with Crippen LogP contribution in [-0.2, 0) is 6.54 Å². The molecule has 0 saturated heterocycles. The van der Waals surface area contributed by atoms with E-state index in [0.29, 0.717) is 6.61 Å². The maximum absolute atomic E-state index is 8.73. The smallest absolute Gasteiger partial charge is 0.127 e. The van der Waals surface area contributed by atoms with Crippen molar-refractivity contribution in [1.29, 1.82) is 0 Å². The highest BCUT2D eigenvalue weighted by molar-refractivity contribution is 5.40. The lowest BCUT2D eigenvalue weighted by atomic mass is 10.2. The minimum atomic E-state index is 0.281. The number of methoxy groups -OCH3 is 1. The third-order valence-corrected chi connectivity index (χ3v) is 3.15. The molecule has 114 valence electrons. The van der Waals surface area contributed by atoms with Gasteiger partial charge in [-0.15, -0.1) is 0 Å². The quantitative estimate of drug-likeness (QED) is 0.612. The minimum absolute atomic E-state index is 0.281. The van der Waals surface area contributed by atoms with Gasteiger partial charge in [-0.2, -0.15) is 0 Å². The van der Waals surface area contributed by atoms with E-state index in [2.05, 4.69) is 12.2 Å². The zero-order valence-electron chi connectivity index (χ0n) is 12.7. The molecule has 0 radical (unpaired) electrons. The van der Waals surface area contributed by atoms with Gasteiger partial charge in [-0.05, 0) is 31.9 Å². The first-order valence-corrected chi connectivity index (χ1v) is 7.43. The van der Waals surface area contributed by atoms with Crippen LogP contribution in [0.4, 0.5) is 0 Å². The Hall–Kier alpha value is -1.26. The lowest BCUT2D eigenvalue weighted by Gasteiger charge is -2.13. The molecule has 0 amide bonds. The van der Waals surface area contributed by atoms with Crippen LogP contribution < -0.4 is 14.8 Å². The zero-order valence-corrected chi connectivity index (χ0v) is 12.7. The SMILES string of the molecule is CCNCc1ccc(OC)cc1OCCCCCCO. The fraction of sp³-hybridized carbons (Fsp3) is 0.625. The molecule has 0 bridgehead atoms. The number of rotatable bonds is 11. The normalized spacial score (nSPS) is 10.6. The highest BCUT2D eigenvalue weighted by Crippen LogP contribution is 2.25. The Morgan fingerprint density at radius 2 is 1.95 bits per heavy atom. The summed E-state index contributed by atoms with van der Waals surface area (Å²) in [5, 5.41) is 12.0. The van der Waals surface area contributed by atoms with Crippen molar-refractivity contribution in [2.75, 3.05) is 26.9 Å². The number of aliphatic hydroxyl groups is 1. The van der Waals surface area contributed by atoms with Gasteiger partial charge in [-0.3, -0.25) is 0 Å². The van der Waals surface area contributed by atoms with Crippen molar-refractivity contribution in [3.63, 3.8) is 0 Å². The van der Waals surface area contributed by atoms with Gasteiger partial charge in [0.1, 0.15) is 11.5 Å². The third kappa shape index (κ3) is 6.26. The van der Waals surface area contributed by atoms with Crippen molar-refractivity contribution in [2.45, 2.75) is 39.2 Å². The Labute approximate surface area is 122 Å². The summed E-state index contributed by atoms with van der Waals surface area (Å²) in [6, 6.07) is 5.95. The average Bonchev–Trinajstić information content (AvgIpc) is 2.49. The standard InChI is InChI=1S/C16H27NO3/c1-3-17-13-14-8-9-15(19-2)12-16(14)20-11-7-5-4-6-10-18/h8-9,12,17-18H,3-7,10-11,13H2,1-2H3. The maximum Gasteiger partial charge on any atom is 0.127 e. The monoisotopic (exact) mass is 281 g/mol. The summed E-state index contributed by atoms with van der Waals surface area (Å²) in [7, 11) is 1.66. The molecule has 0 atom stereocenters. The van der Waals surface area contributed by atoms with E-state index in [0.717, 1.165) is 55.8 Å². The molecule has 0 aliphatic heterocycles. The van der Waals surface area contributed by atoms with E-state index in [1.807, 2.05) is 18.2 Å². The van der Waals surface area contributed by atoms with Crippen molar-refractivity contribution >= 4 is 0 Å². The van der Waals surface area contributed by atoms with Crippen LogP contribution in [0, 0.1) is 0 Å². The molecule has 4 heteroatoms. The number of unbranched alkanes of at least 4 members (excludes halogenated alkanes) is 3. The van der Waals surface area contributed by atoms with E-state index in [1.54, 1.807) is 7.11 Å². The molecule has 0 heterocycles. The summed E-state index contributed by atoms with van der Waals surface area (Å²) in [6.45, 7) is 4.82. The van der Waals surface area contributed by atoms with Gasteiger partial charge in [-0.1, -0.05) is 19.4 Å². The van der Waals surface area contributed by atoms with Gasteiger partial charge in [0.2, 0.25) is 0 Å². The van der Waals surface area contributed by atoms with E-state index in [9.17, 15) is 0 Å². The topological polar surface area (TPSA) is 50.7 Å². The molecule has 0 unspecified atom stereocenters. The molecule has 0 fully saturated rings. The summed E-state index contributed by atoms with van der Waals surface area (Å²) in [5.74, 6) is 1.72. The number of hydrogen-bond donors (Lipinski definition) is 2. The molecule has 0 saturated carbocycles. The van der Waals surface area contributed by atoms with Crippen LogP contribution in [0.1, 0.15) is 38.2 Å². The van der Waals surface area contributed by atoms with Gasteiger partial charge in [-0.25, -0.2) is 0 Å². The molecule has 4 nitrogen and oxygen atoms in total. The van der Waals surface area contributed by atoms with Gasteiger partial charge in [0.25, 0.3) is 0 Å². The summed E-state index contributed by atoms with van der Waals surface area (Å²) < 4.78 is 11.1. The number of aliphatic hydroxyl groups excluding tert-OH is 1. The van der Waals surface area contributed by atoms with Gasteiger partial charge < -0.3 is 19.9 Å². The second-order valence-corrected chi connectivity index (χ2v) is 4.74. The molecule has 20 heavy (non-hydrogen) atoms. The molecule has 0 aromatic heterocycles. The van der Waals surface area contributed by atoms with Crippen LogP contribution in [0.15, 0.2) is 18.2 Å². The Balaban J connectivity index is 2.47. The molecule has 0 aliphatic rings. The van der Waals surface area contributed by atoms with Crippen LogP contribution in [0.5, 0.6) is 11.5 Å². The first-order chi connectivity index (χ1) is 9.81. The Bertz CT molecular complexity index is 369. The molecular formula is C16H27NO3.